The summed E-state index contributed by atoms with van der Waals surface area (Å²) in [4.78, 5) is 2.26. The highest BCUT2D eigenvalue weighted by Crippen LogP contribution is 2.19. The summed E-state index contributed by atoms with van der Waals surface area (Å²) in [5, 5.41) is 4.56. The van der Waals surface area contributed by atoms with Crippen LogP contribution in [0.4, 0.5) is 0 Å². The first-order valence-electron chi connectivity index (χ1n) is 4.66. The standard InChI is InChI=1S/C9H21N3/c1-10(2)6-5-9-7-12(8-9)11(3)4/h9H,5-8H2,1-4H3. The maximum Gasteiger partial charge on any atom is 0.0174 e. The molecule has 0 unspecified atom stereocenters. The first-order valence-corrected chi connectivity index (χ1v) is 4.66. The minimum Gasteiger partial charge on any atom is -0.309 e. The third-order valence-electron chi connectivity index (χ3n) is 2.49. The molecule has 0 N–H and O–H groups in total. The molecule has 12 heavy (non-hydrogen) atoms. The summed E-state index contributed by atoms with van der Waals surface area (Å²) >= 11 is 0. The molecule has 1 rings (SSSR count). The van der Waals surface area contributed by atoms with E-state index in [0.717, 1.165) is 5.92 Å². The third kappa shape index (κ3) is 2.73. The van der Waals surface area contributed by atoms with Gasteiger partial charge in [0, 0.05) is 27.2 Å². The molecule has 0 radical (unpaired) electrons. The van der Waals surface area contributed by atoms with Crippen LogP contribution in [-0.4, -0.2) is 62.7 Å². The molecular weight excluding hydrogens is 150 g/mol. The van der Waals surface area contributed by atoms with Gasteiger partial charge in [-0.05, 0) is 33.0 Å². The Morgan fingerprint density at radius 2 is 1.75 bits per heavy atom. The van der Waals surface area contributed by atoms with Gasteiger partial charge in [-0.3, -0.25) is 0 Å². The molecule has 1 aliphatic heterocycles. The van der Waals surface area contributed by atoms with Crippen molar-refractivity contribution in [1.29, 1.82) is 0 Å². The second kappa shape index (κ2) is 4.21. The van der Waals surface area contributed by atoms with E-state index in [0.29, 0.717) is 0 Å². The number of hydrogen-bond acceptors (Lipinski definition) is 3. The van der Waals surface area contributed by atoms with Gasteiger partial charge in [-0.1, -0.05) is 0 Å². The van der Waals surface area contributed by atoms with Crippen LogP contribution in [-0.2, 0) is 0 Å². The Kier molecular flexibility index (Phi) is 3.50. The van der Waals surface area contributed by atoms with Gasteiger partial charge in [0.15, 0.2) is 0 Å². The molecule has 0 bridgehead atoms. The number of hydrazine groups is 1. The van der Waals surface area contributed by atoms with Crippen molar-refractivity contribution >= 4 is 0 Å². The maximum atomic E-state index is 2.38. The molecule has 0 aromatic carbocycles. The summed E-state index contributed by atoms with van der Waals surface area (Å²) in [7, 11) is 8.51. The predicted molar refractivity (Wildman–Crippen MR) is 51.9 cm³/mol. The molecule has 1 heterocycles. The van der Waals surface area contributed by atoms with Gasteiger partial charge in [0.05, 0.1) is 0 Å². The van der Waals surface area contributed by atoms with Crippen LogP contribution in [0.1, 0.15) is 6.42 Å². The molecule has 0 aromatic rings. The first-order chi connectivity index (χ1) is 5.59. The lowest BCUT2D eigenvalue weighted by Crippen LogP contribution is -2.53. The second-order valence-electron chi connectivity index (χ2n) is 4.18. The Bertz CT molecular complexity index is 125. The van der Waals surface area contributed by atoms with E-state index in [9.17, 15) is 0 Å². The summed E-state index contributed by atoms with van der Waals surface area (Å²) in [6.45, 7) is 3.73. The summed E-state index contributed by atoms with van der Waals surface area (Å²) in [6.07, 6.45) is 1.34. The quantitative estimate of drug-likeness (QED) is 0.604. The monoisotopic (exact) mass is 171 g/mol. The average molecular weight is 171 g/mol. The average Bonchev–Trinajstić information content (AvgIpc) is 1.82. The van der Waals surface area contributed by atoms with Crippen LogP contribution in [0.2, 0.25) is 0 Å². The fraction of sp³-hybridized carbons (Fsp3) is 1.00. The molecule has 0 aromatic heterocycles. The third-order valence-corrected chi connectivity index (χ3v) is 2.49. The van der Waals surface area contributed by atoms with Crippen LogP contribution in [0.15, 0.2) is 0 Å². The van der Waals surface area contributed by atoms with E-state index in [2.05, 4.69) is 43.1 Å². The number of nitrogens with zero attached hydrogens (tertiary/aromatic N) is 3. The van der Waals surface area contributed by atoms with Crippen LogP contribution in [0.5, 0.6) is 0 Å². The van der Waals surface area contributed by atoms with Gasteiger partial charge in [-0.2, -0.15) is 0 Å². The van der Waals surface area contributed by atoms with Gasteiger partial charge in [0.25, 0.3) is 0 Å². The highest BCUT2D eigenvalue weighted by Gasteiger charge is 2.27. The lowest BCUT2D eigenvalue weighted by molar-refractivity contribution is -0.0741. The normalized spacial score (nSPS) is 20.5. The Labute approximate surface area is 75.9 Å². The van der Waals surface area contributed by atoms with Crippen molar-refractivity contribution in [3.63, 3.8) is 0 Å². The first kappa shape index (κ1) is 9.96. The molecule has 0 saturated carbocycles. The van der Waals surface area contributed by atoms with E-state index in [1.54, 1.807) is 0 Å². The number of rotatable bonds is 4. The summed E-state index contributed by atoms with van der Waals surface area (Å²) in [5.41, 5.74) is 0. The fourth-order valence-corrected chi connectivity index (χ4v) is 1.49. The van der Waals surface area contributed by atoms with E-state index in [-0.39, 0.29) is 0 Å². The highest BCUT2D eigenvalue weighted by molar-refractivity contribution is 4.77. The van der Waals surface area contributed by atoms with Crippen molar-refractivity contribution in [3.8, 4) is 0 Å². The molecule has 72 valence electrons. The Hall–Kier alpha value is -0.120. The zero-order valence-electron chi connectivity index (χ0n) is 8.75. The molecule has 0 aliphatic carbocycles. The van der Waals surface area contributed by atoms with Crippen LogP contribution < -0.4 is 0 Å². The van der Waals surface area contributed by atoms with Crippen LogP contribution in [0, 0.1) is 5.92 Å². The highest BCUT2D eigenvalue weighted by atomic mass is 15.6. The van der Waals surface area contributed by atoms with Gasteiger partial charge in [-0.15, -0.1) is 0 Å². The van der Waals surface area contributed by atoms with Crippen molar-refractivity contribution in [1.82, 2.24) is 14.9 Å². The smallest absolute Gasteiger partial charge is 0.0174 e. The predicted octanol–water partition coefficient (Wildman–Crippen LogP) is 0.346. The Morgan fingerprint density at radius 3 is 2.17 bits per heavy atom. The molecule has 1 saturated heterocycles. The molecule has 0 amide bonds. The van der Waals surface area contributed by atoms with Gasteiger partial charge in [0.1, 0.15) is 0 Å². The number of hydrogen-bond donors (Lipinski definition) is 0. The minimum atomic E-state index is 0.926. The largest absolute Gasteiger partial charge is 0.309 e. The van der Waals surface area contributed by atoms with Crippen molar-refractivity contribution in [2.75, 3.05) is 47.8 Å². The van der Waals surface area contributed by atoms with Crippen molar-refractivity contribution in [2.45, 2.75) is 6.42 Å². The Balaban J connectivity index is 2.02. The van der Waals surface area contributed by atoms with Crippen molar-refractivity contribution < 1.29 is 0 Å². The summed E-state index contributed by atoms with van der Waals surface area (Å²) < 4.78 is 0. The summed E-state index contributed by atoms with van der Waals surface area (Å²) in [6, 6.07) is 0. The molecule has 3 heteroatoms. The molecule has 1 aliphatic rings. The fourth-order valence-electron chi connectivity index (χ4n) is 1.49. The van der Waals surface area contributed by atoms with Gasteiger partial charge < -0.3 is 4.90 Å². The topological polar surface area (TPSA) is 9.72 Å². The Morgan fingerprint density at radius 1 is 1.17 bits per heavy atom. The zero-order chi connectivity index (χ0) is 9.14. The molecule has 0 atom stereocenters. The van der Waals surface area contributed by atoms with Gasteiger partial charge in [-0.25, -0.2) is 10.0 Å². The zero-order valence-corrected chi connectivity index (χ0v) is 8.75. The van der Waals surface area contributed by atoms with E-state index < -0.39 is 0 Å². The summed E-state index contributed by atoms with van der Waals surface area (Å²) in [5.74, 6) is 0.926. The SMILES string of the molecule is CN(C)CCC1CN(N(C)C)C1. The van der Waals surface area contributed by atoms with Crippen LogP contribution >= 0.6 is 0 Å². The van der Waals surface area contributed by atoms with E-state index in [1.807, 2.05) is 0 Å². The van der Waals surface area contributed by atoms with E-state index in [4.69, 9.17) is 0 Å². The van der Waals surface area contributed by atoms with Gasteiger partial charge in [0.2, 0.25) is 0 Å². The maximum absolute atomic E-state index is 2.38. The van der Waals surface area contributed by atoms with Gasteiger partial charge >= 0.3 is 0 Å². The van der Waals surface area contributed by atoms with Crippen LogP contribution in [0.25, 0.3) is 0 Å². The van der Waals surface area contributed by atoms with Crippen molar-refractivity contribution in [3.05, 3.63) is 0 Å². The lowest BCUT2D eigenvalue weighted by Gasteiger charge is -2.43. The van der Waals surface area contributed by atoms with E-state index >= 15 is 0 Å². The molecular formula is C9H21N3. The second-order valence-corrected chi connectivity index (χ2v) is 4.18. The molecule has 3 nitrogen and oxygen atoms in total. The van der Waals surface area contributed by atoms with E-state index in [1.165, 1.54) is 26.1 Å². The van der Waals surface area contributed by atoms with Crippen LogP contribution in [0.3, 0.4) is 0 Å². The minimum absolute atomic E-state index is 0.926. The van der Waals surface area contributed by atoms with Crippen molar-refractivity contribution in [2.24, 2.45) is 5.92 Å². The molecule has 1 fully saturated rings. The molecule has 0 spiro atoms. The lowest BCUT2D eigenvalue weighted by atomic mass is 9.98.